The number of halogens is 2. The Hall–Kier alpha value is -2.37. The average Bonchev–Trinajstić information content (AvgIpc) is 2.52. The van der Waals surface area contributed by atoms with Gasteiger partial charge in [-0.2, -0.15) is 5.10 Å². The molecule has 7 heteroatoms. The Kier molecular flexibility index (Phi) is 5.95. The van der Waals surface area contributed by atoms with Gasteiger partial charge in [-0.15, -0.1) is 0 Å². The Morgan fingerprint density at radius 1 is 1.04 bits per heavy atom. The van der Waals surface area contributed by atoms with E-state index in [9.17, 15) is 9.59 Å². The summed E-state index contributed by atoms with van der Waals surface area (Å²) in [6.07, 6.45) is 1.33. The molecule has 2 aromatic rings. The third kappa shape index (κ3) is 4.81. The molecular weight excluding hydrogens is 349 g/mol. The van der Waals surface area contributed by atoms with Gasteiger partial charge >= 0.3 is 11.8 Å². The van der Waals surface area contributed by atoms with Crippen LogP contribution in [0.4, 0.5) is 5.69 Å². The van der Waals surface area contributed by atoms with Crippen molar-refractivity contribution in [2.75, 3.05) is 5.32 Å². The van der Waals surface area contributed by atoms with E-state index in [1.807, 2.05) is 26.0 Å². The molecule has 0 saturated carbocycles. The molecule has 0 radical (unpaired) electrons. The van der Waals surface area contributed by atoms with Crippen LogP contribution in [0.2, 0.25) is 10.0 Å². The van der Waals surface area contributed by atoms with Crippen LogP contribution in [-0.2, 0) is 9.59 Å². The standard InChI is InChI=1S/C17H15Cl2N3O2/c1-10-3-6-15(11(2)7-10)21-16(23)17(24)22-20-9-12-4-5-13(18)8-14(12)19/h3-9H,1-2H3,(H,21,23)(H,22,24). The highest BCUT2D eigenvalue weighted by molar-refractivity contribution is 6.39. The van der Waals surface area contributed by atoms with Gasteiger partial charge in [-0.05, 0) is 37.6 Å². The number of hydrogen-bond donors (Lipinski definition) is 2. The van der Waals surface area contributed by atoms with Crippen LogP contribution in [0.1, 0.15) is 16.7 Å². The maximum Gasteiger partial charge on any atom is 0.329 e. The van der Waals surface area contributed by atoms with Crippen LogP contribution in [-0.4, -0.2) is 18.0 Å². The molecule has 0 spiro atoms. The number of nitrogens with zero attached hydrogens (tertiary/aromatic N) is 1. The molecular formula is C17H15Cl2N3O2. The van der Waals surface area contributed by atoms with Crippen LogP contribution in [0, 0.1) is 13.8 Å². The molecule has 2 N–H and O–H groups in total. The van der Waals surface area contributed by atoms with Crippen molar-refractivity contribution >= 4 is 46.9 Å². The number of hydrazone groups is 1. The van der Waals surface area contributed by atoms with Crippen molar-refractivity contribution in [3.63, 3.8) is 0 Å². The number of carbonyl (C=O) groups is 2. The molecule has 0 atom stereocenters. The van der Waals surface area contributed by atoms with Gasteiger partial charge in [0.1, 0.15) is 0 Å². The van der Waals surface area contributed by atoms with Crippen LogP contribution < -0.4 is 10.7 Å². The molecule has 2 rings (SSSR count). The number of amides is 2. The first-order chi connectivity index (χ1) is 11.4. The molecule has 0 aliphatic carbocycles. The normalized spacial score (nSPS) is 10.7. The number of hydrogen-bond acceptors (Lipinski definition) is 3. The lowest BCUT2D eigenvalue weighted by Gasteiger charge is -2.08. The van der Waals surface area contributed by atoms with Crippen molar-refractivity contribution in [1.29, 1.82) is 0 Å². The molecule has 2 amide bonds. The first-order valence-electron chi connectivity index (χ1n) is 7.03. The zero-order valence-electron chi connectivity index (χ0n) is 13.1. The minimum Gasteiger partial charge on any atom is -0.317 e. The second-order valence-corrected chi connectivity index (χ2v) is 5.98. The van der Waals surface area contributed by atoms with Crippen LogP contribution in [0.3, 0.4) is 0 Å². The minimum atomic E-state index is -0.878. The van der Waals surface area contributed by atoms with E-state index in [0.29, 0.717) is 21.3 Å². The smallest absolute Gasteiger partial charge is 0.317 e. The van der Waals surface area contributed by atoms with Crippen molar-refractivity contribution < 1.29 is 9.59 Å². The highest BCUT2D eigenvalue weighted by Crippen LogP contribution is 2.19. The van der Waals surface area contributed by atoms with E-state index < -0.39 is 11.8 Å². The van der Waals surface area contributed by atoms with E-state index in [-0.39, 0.29) is 0 Å². The number of benzene rings is 2. The summed E-state index contributed by atoms with van der Waals surface area (Å²) in [5, 5.41) is 7.14. The van der Waals surface area contributed by atoms with Gasteiger partial charge in [-0.25, -0.2) is 5.43 Å². The van der Waals surface area contributed by atoms with Gasteiger partial charge in [0.2, 0.25) is 0 Å². The molecule has 0 aromatic heterocycles. The van der Waals surface area contributed by atoms with E-state index in [1.165, 1.54) is 6.21 Å². The fourth-order valence-corrected chi connectivity index (χ4v) is 2.41. The Labute approximate surface area is 149 Å². The highest BCUT2D eigenvalue weighted by Gasteiger charge is 2.13. The second kappa shape index (κ2) is 7.95. The minimum absolute atomic E-state index is 0.389. The van der Waals surface area contributed by atoms with E-state index in [1.54, 1.807) is 24.3 Å². The van der Waals surface area contributed by atoms with Crippen LogP contribution >= 0.6 is 23.2 Å². The summed E-state index contributed by atoms with van der Waals surface area (Å²) in [5.74, 6) is -1.68. The third-order valence-electron chi connectivity index (χ3n) is 3.17. The predicted octanol–water partition coefficient (Wildman–Crippen LogP) is 3.70. The lowest BCUT2D eigenvalue weighted by Crippen LogP contribution is -2.32. The van der Waals surface area contributed by atoms with Gasteiger partial charge in [0.05, 0.1) is 11.2 Å². The predicted molar refractivity (Wildman–Crippen MR) is 96.7 cm³/mol. The van der Waals surface area contributed by atoms with Gasteiger partial charge in [0.15, 0.2) is 0 Å². The Morgan fingerprint density at radius 3 is 2.46 bits per heavy atom. The topological polar surface area (TPSA) is 70.6 Å². The maximum absolute atomic E-state index is 11.9. The number of aryl methyl sites for hydroxylation is 2. The highest BCUT2D eigenvalue weighted by atomic mass is 35.5. The van der Waals surface area contributed by atoms with Gasteiger partial charge in [0.25, 0.3) is 0 Å². The van der Waals surface area contributed by atoms with Gasteiger partial charge in [-0.3, -0.25) is 9.59 Å². The number of anilines is 1. The summed E-state index contributed by atoms with van der Waals surface area (Å²) in [6, 6.07) is 10.3. The Bertz CT molecular complexity index is 819. The summed E-state index contributed by atoms with van der Waals surface area (Å²) in [5.41, 5.74) is 5.23. The molecule has 0 unspecified atom stereocenters. The first kappa shape index (κ1) is 18.0. The van der Waals surface area contributed by atoms with Crippen molar-refractivity contribution in [2.45, 2.75) is 13.8 Å². The van der Waals surface area contributed by atoms with E-state index in [0.717, 1.165) is 11.1 Å². The number of rotatable bonds is 3. The molecule has 2 aromatic carbocycles. The summed E-state index contributed by atoms with van der Waals surface area (Å²) in [7, 11) is 0. The molecule has 5 nitrogen and oxygen atoms in total. The number of nitrogens with one attached hydrogen (secondary N) is 2. The van der Waals surface area contributed by atoms with Gasteiger partial charge < -0.3 is 5.32 Å². The fraction of sp³-hybridized carbons (Fsp3) is 0.118. The molecule has 24 heavy (non-hydrogen) atoms. The van der Waals surface area contributed by atoms with E-state index in [2.05, 4.69) is 15.8 Å². The Morgan fingerprint density at radius 2 is 1.79 bits per heavy atom. The van der Waals surface area contributed by atoms with Crippen molar-refractivity contribution in [1.82, 2.24) is 5.43 Å². The molecule has 0 aliphatic rings. The fourth-order valence-electron chi connectivity index (χ4n) is 1.95. The second-order valence-electron chi connectivity index (χ2n) is 5.14. The lowest BCUT2D eigenvalue weighted by molar-refractivity contribution is -0.136. The van der Waals surface area contributed by atoms with Gasteiger partial charge in [0, 0.05) is 16.3 Å². The lowest BCUT2D eigenvalue weighted by atomic mass is 10.1. The van der Waals surface area contributed by atoms with Crippen molar-refractivity contribution in [3.8, 4) is 0 Å². The first-order valence-corrected chi connectivity index (χ1v) is 7.79. The molecule has 0 saturated heterocycles. The molecule has 0 fully saturated rings. The zero-order valence-corrected chi connectivity index (χ0v) is 14.6. The van der Waals surface area contributed by atoms with Gasteiger partial charge in [-0.1, -0.05) is 47.0 Å². The molecule has 124 valence electrons. The quantitative estimate of drug-likeness (QED) is 0.495. The van der Waals surface area contributed by atoms with Crippen molar-refractivity contribution in [3.05, 3.63) is 63.1 Å². The van der Waals surface area contributed by atoms with Crippen LogP contribution in [0.15, 0.2) is 41.5 Å². The van der Waals surface area contributed by atoms with Crippen molar-refractivity contribution in [2.24, 2.45) is 5.10 Å². The van der Waals surface area contributed by atoms with E-state index >= 15 is 0 Å². The largest absolute Gasteiger partial charge is 0.329 e. The SMILES string of the molecule is Cc1ccc(NC(=O)C(=O)NN=Cc2ccc(Cl)cc2Cl)c(C)c1. The third-order valence-corrected chi connectivity index (χ3v) is 3.73. The summed E-state index contributed by atoms with van der Waals surface area (Å²) in [6.45, 7) is 3.79. The Balaban J connectivity index is 1.96. The average molecular weight is 364 g/mol. The van der Waals surface area contributed by atoms with Crippen LogP contribution in [0.5, 0.6) is 0 Å². The molecule has 0 aliphatic heterocycles. The molecule has 0 heterocycles. The zero-order chi connectivity index (χ0) is 17.7. The molecule has 0 bridgehead atoms. The summed E-state index contributed by atoms with van der Waals surface area (Å²) >= 11 is 11.8. The monoisotopic (exact) mass is 363 g/mol. The summed E-state index contributed by atoms with van der Waals surface area (Å²) < 4.78 is 0. The van der Waals surface area contributed by atoms with E-state index in [4.69, 9.17) is 23.2 Å². The number of carbonyl (C=O) groups excluding carboxylic acids is 2. The van der Waals surface area contributed by atoms with Crippen LogP contribution in [0.25, 0.3) is 0 Å². The maximum atomic E-state index is 11.9. The summed E-state index contributed by atoms with van der Waals surface area (Å²) in [4.78, 5) is 23.6.